The van der Waals surface area contributed by atoms with Crippen LogP contribution in [0.1, 0.15) is 6.42 Å². The summed E-state index contributed by atoms with van der Waals surface area (Å²) in [5.41, 5.74) is 2.47. The zero-order valence-electron chi connectivity index (χ0n) is 11.9. The van der Waals surface area contributed by atoms with E-state index in [0.717, 1.165) is 36.8 Å². The quantitative estimate of drug-likeness (QED) is 0.922. The molecule has 2 aromatic carbocycles. The molecule has 0 aromatic heterocycles. The van der Waals surface area contributed by atoms with Crippen LogP contribution < -0.4 is 15.0 Å². The Labute approximate surface area is 130 Å². The van der Waals surface area contributed by atoms with Crippen LogP contribution in [0.2, 0.25) is 5.02 Å². The lowest BCUT2D eigenvalue weighted by Gasteiger charge is -2.24. The Hall–Kier alpha value is -1.87. The number of para-hydroxylation sites is 2. The van der Waals surface area contributed by atoms with Crippen LogP contribution in [0.15, 0.2) is 48.5 Å². The van der Waals surface area contributed by atoms with E-state index in [-0.39, 0.29) is 0 Å². The van der Waals surface area contributed by atoms with E-state index in [4.69, 9.17) is 16.3 Å². The Bertz CT molecular complexity index is 586. The Morgan fingerprint density at radius 2 is 1.90 bits per heavy atom. The number of rotatable bonds is 4. The van der Waals surface area contributed by atoms with Crippen molar-refractivity contribution in [3.8, 4) is 5.75 Å². The second kappa shape index (κ2) is 6.72. The van der Waals surface area contributed by atoms with E-state index in [1.54, 1.807) is 0 Å². The molecule has 21 heavy (non-hydrogen) atoms. The van der Waals surface area contributed by atoms with Gasteiger partial charge in [0.1, 0.15) is 12.4 Å². The molecule has 0 atom stereocenters. The second-order valence-corrected chi connectivity index (χ2v) is 5.52. The highest BCUT2D eigenvalue weighted by molar-refractivity contribution is 6.30. The fourth-order valence-corrected chi connectivity index (χ4v) is 2.68. The Balaban J connectivity index is 1.61. The predicted molar refractivity (Wildman–Crippen MR) is 88.7 cm³/mol. The molecule has 1 N–H and O–H groups in total. The summed E-state index contributed by atoms with van der Waals surface area (Å²) in [7, 11) is 0. The van der Waals surface area contributed by atoms with Crippen molar-refractivity contribution in [2.75, 3.05) is 36.5 Å². The lowest BCUT2D eigenvalue weighted by Crippen LogP contribution is -2.28. The monoisotopic (exact) mass is 302 g/mol. The van der Waals surface area contributed by atoms with Crippen LogP contribution in [0.3, 0.4) is 0 Å². The van der Waals surface area contributed by atoms with Crippen LogP contribution in [0.5, 0.6) is 5.75 Å². The number of nitrogens with zero attached hydrogens (tertiary/aromatic N) is 1. The van der Waals surface area contributed by atoms with Crippen LogP contribution in [0.25, 0.3) is 0 Å². The van der Waals surface area contributed by atoms with Crippen molar-refractivity contribution in [1.82, 2.24) is 0 Å². The number of nitrogens with one attached hydrogen (secondary N) is 1. The predicted octanol–water partition coefficient (Wildman–Crippen LogP) is 4.04. The minimum atomic E-state index is 0.663. The fraction of sp³-hybridized carbons (Fsp3) is 0.294. The van der Waals surface area contributed by atoms with Gasteiger partial charge in [0.05, 0.1) is 17.9 Å². The fourth-order valence-electron chi connectivity index (χ4n) is 2.55. The van der Waals surface area contributed by atoms with Gasteiger partial charge in [-0.1, -0.05) is 23.7 Å². The van der Waals surface area contributed by atoms with Crippen molar-refractivity contribution in [3.63, 3.8) is 0 Å². The molecule has 1 aliphatic rings. The molecular weight excluding hydrogens is 284 g/mol. The van der Waals surface area contributed by atoms with Gasteiger partial charge in [0.25, 0.3) is 0 Å². The van der Waals surface area contributed by atoms with Crippen LogP contribution >= 0.6 is 11.6 Å². The molecule has 0 saturated heterocycles. The molecule has 0 spiro atoms. The molecule has 0 fully saturated rings. The summed E-state index contributed by atoms with van der Waals surface area (Å²) in [6, 6.07) is 16.0. The highest BCUT2D eigenvalue weighted by Crippen LogP contribution is 2.27. The summed E-state index contributed by atoms with van der Waals surface area (Å²) in [5.74, 6) is 0.862. The van der Waals surface area contributed by atoms with Crippen molar-refractivity contribution in [1.29, 1.82) is 0 Å². The molecule has 110 valence electrons. The minimum absolute atomic E-state index is 0.663. The van der Waals surface area contributed by atoms with Gasteiger partial charge in [0.15, 0.2) is 0 Å². The molecule has 0 amide bonds. The molecule has 3 rings (SSSR count). The third-order valence-corrected chi connectivity index (χ3v) is 3.86. The number of hydrogen-bond donors (Lipinski definition) is 1. The lowest BCUT2D eigenvalue weighted by molar-refractivity contribution is 0.324. The highest BCUT2D eigenvalue weighted by atomic mass is 35.5. The average molecular weight is 303 g/mol. The molecule has 0 aliphatic carbocycles. The second-order valence-electron chi connectivity index (χ2n) is 5.09. The Kier molecular flexibility index (Phi) is 4.51. The first kappa shape index (κ1) is 14.1. The first-order chi connectivity index (χ1) is 10.3. The number of hydrogen-bond acceptors (Lipinski definition) is 3. The average Bonchev–Trinajstić information content (AvgIpc) is 2.72. The standard InChI is InChI=1S/C17H19ClN2O/c18-14-6-8-15(9-7-14)21-13-12-20-11-3-10-19-16-4-1-2-5-17(16)20/h1-2,4-9,19H,3,10-13H2. The van der Waals surface area contributed by atoms with Gasteiger partial charge in [-0.05, 0) is 42.8 Å². The highest BCUT2D eigenvalue weighted by Gasteiger charge is 2.13. The van der Waals surface area contributed by atoms with E-state index >= 15 is 0 Å². The molecule has 3 nitrogen and oxygen atoms in total. The van der Waals surface area contributed by atoms with Gasteiger partial charge in [0, 0.05) is 18.1 Å². The van der Waals surface area contributed by atoms with Crippen LogP contribution in [0, 0.1) is 0 Å². The molecule has 2 aromatic rings. The Morgan fingerprint density at radius 3 is 2.76 bits per heavy atom. The maximum absolute atomic E-state index is 5.87. The van der Waals surface area contributed by atoms with E-state index < -0.39 is 0 Å². The Morgan fingerprint density at radius 1 is 1.10 bits per heavy atom. The van der Waals surface area contributed by atoms with Crippen molar-refractivity contribution >= 4 is 23.0 Å². The number of benzene rings is 2. The van der Waals surface area contributed by atoms with E-state index in [1.807, 2.05) is 24.3 Å². The summed E-state index contributed by atoms with van der Waals surface area (Å²) in [5, 5.41) is 4.20. The number of ether oxygens (including phenoxy) is 1. The molecule has 1 heterocycles. The SMILES string of the molecule is Clc1ccc(OCCN2CCCNc3ccccc32)cc1. The summed E-state index contributed by atoms with van der Waals surface area (Å²) >= 11 is 5.87. The molecule has 0 saturated carbocycles. The number of anilines is 2. The van der Waals surface area contributed by atoms with Crippen LogP contribution in [-0.2, 0) is 0 Å². The summed E-state index contributed by atoms with van der Waals surface area (Å²) in [6.45, 7) is 3.61. The normalized spacial score (nSPS) is 14.0. The van der Waals surface area contributed by atoms with Gasteiger partial charge < -0.3 is 15.0 Å². The van der Waals surface area contributed by atoms with Gasteiger partial charge in [-0.15, -0.1) is 0 Å². The molecule has 0 bridgehead atoms. The zero-order chi connectivity index (χ0) is 14.5. The smallest absolute Gasteiger partial charge is 0.119 e. The van der Waals surface area contributed by atoms with E-state index in [1.165, 1.54) is 11.4 Å². The van der Waals surface area contributed by atoms with Gasteiger partial charge in [0.2, 0.25) is 0 Å². The number of halogens is 1. The van der Waals surface area contributed by atoms with E-state index in [9.17, 15) is 0 Å². The van der Waals surface area contributed by atoms with Gasteiger partial charge in [-0.2, -0.15) is 0 Å². The maximum atomic E-state index is 5.87. The van der Waals surface area contributed by atoms with Crippen molar-refractivity contribution in [2.24, 2.45) is 0 Å². The molecular formula is C17H19ClN2O. The van der Waals surface area contributed by atoms with E-state index in [2.05, 4.69) is 34.5 Å². The summed E-state index contributed by atoms with van der Waals surface area (Å²) in [4.78, 5) is 2.38. The van der Waals surface area contributed by atoms with Gasteiger partial charge in [-0.3, -0.25) is 0 Å². The third kappa shape index (κ3) is 3.61. The zero-order valence-corrected chi connectivity index (χ0v) is 12.6. The van der Waals surface area contributed by atoms with Crippen molar-refractivity contribution in [2.45, 2.75) is 6.42 Å². The first-order valence-corrected chi connectivity index (χ1v) is 7.67. The van der Waals surface area contributed by atoms with Crippen molar-refractivity contribution < 1.29 is 4.74 Å². The van der Waals surface area contributed by atoms with Crippen LogP contribution in [0.4, 0.5) is 11.4 Å². The van der Waals surface area contributed by atoms with Gasteiger partial charge >= 0.3 is 0 Å². The summed E-state index contributed by atoms with van der Waals surface area (Å²) < 4.78 is 5.80. The molecule has 0 radical (unpaired) electrons. The lowest BCUT2D eigenvalue weighted by atomic mass is 10.2. The summed E-state index contributed by atoms with van der Waals surface area (Å²) in [6.07, 6.45) is 1.13. The molecule has 4 heteroatoms. The molecule has 0 unspecified atom stereocenters. The maximum Gasteiger partial charge on any atom is 0.119 e. The third-order valence-electron chi connectivity index (χ3n) is 3.61. The van der Waals surface area contributed by atoms with Crippen molar-refractivity contribution in [3.05, 3.63) is 53.6 Å². The number of fused-ring (bicyclic) bond motifs is 1. The van der Waals surface area contributed by atoms with Gasteiger partial charge in [-0.25, -0.2) is 0 Å². The first-order valence-electron chi connectivity index (χ1n) is 7.29. The topological polar surface area (TPSA) is 24.5 Å². The van der Waals surface area contributed by atoms with Crippen LogP contribution in [-0.4, -0.2) is 26.2 Å². The molecule has 1 aliphatic heterocycles. The minimum Gasteiger partial charge on any atom is -0.492 e. The largest absolute Gasteiger partial charge is 0.492 e. The van der Waals surface area contributed by atoms with E-state index in [0.29, 0.717) is 6.61 Å².